The molecule has 0 aliphatic heterocycles. The lowest BCUT2D eigenvalue weighted by Crippen LogP contribution is -2.16. The largest absolute Gasteiger partial charge is 0.398 e. The number of hydrogen-bond acceptors (Lipinski definition) is 2. The van der Waals surface area contributed by atoms with Gasteiger partial charge in [-0.05, 0) is 23.8 Å². The third kappa shape index (κ3) is 3.40. The fourth-order valence-electron chi connectivity index (χ4n) is 1.71. The number of anilines is 2. The Bertz CT molecular complexity index is 638. The maximum atomic E-state index is 13.0. The minimum absolute atomic E-state index is 0.0457. The molecule has 3 nitrogen and oxygen atoms in total. The Morgan fingerprint density at radius 2 is 1.80 bits per heavy atom. The molecule has 20 heavy (non-hydrogen) atoms. The number of rotatable bonds is 3. The van der Waals surface area contributed by atoms with E-state index in [1.54, 1.807) is 24.3 Å². The van der Waals surface area contributed by atoms with Crippen LogP contribution in [0.15, 0.2) is 36.4 Å². The van der Waals surface area contributed by atoms with Gasteiger partial charge < -0.3 is 11.1 Å². The second kappa shape index (κ2) is 6.11. The van der Waals surface area contributed by atoms with Gasteiger partial charge in [-0.1, -0.05) is 41.4 Å². The Labute approximate surface area is 125 Å². The van der Waals surface area contributed by atoms with E-state index in [2.05, 4.69) is 5.32 Å². The van der Waals surface area contributed by atoms with Crippen LogP contribution >= 0.6 is 23.2 Å². The van der Waals surface area contributed by atoms with Crippen LogP contribution in [0.2, 0.25) is 10.0 Å². The molecular formula is C14H11Cl2FN2O. The first kappa shape index (κ1) is 14.6. The maximum absolute atomic E-state index is 13.0. The molecule has 0 aromatic heterocycles. The normalized spacial score (nSPS) is 10.3. The van der Waals surface area contributed by atoms with Gasteiger partial charge in [0.15, 0.2) is 0 Å². The molecule has 0 saturated heterocycles. The van der Waals surface area contributed by atoms with Crippen LogP contribution in [-0.4, -0.2) is 5.91 Å². The highest BCUT2D eigenvalue weighted by Crippen LogP contribution is 2.31. The first-order valence-electron chi connectivity index (χ1n) is 5.75. The van der Waals surface area contributed by atoms with E-state index in [9.17, 15) is 9.18 Å². The third-order valence-corrected chi connectivity index (χ3v) is 3.27. The highest BCUT2D eigenvalue weighted by molar-refractivity contribution is 6.39. The molecule has 0 bridgehead atoms. The predicted molar refractivity (Wildman–Crippen MR) is 79.6 cm³/mol. The van der Waals surface area contributed by atoms with Crippen LogP contribution in [0.4, 0.5) is 15.8 Å². The molecule has 0 aliphatic carbocycles. The molecule has 1 amide bonds. The Morgan fingerprint density at radius 3 is 2.40 bits per heavy atom. The van der Waals surface area contributed by atoms with Crippen molar-refractivity contribution in [2.75, 3.05) is 11.1 Å². The molecular weight excluding hydrogens is 302 g/mol. The number of hydrogen-bond donors (Lipinski definition) is 2. The lowest BCUT2D eigenvalue weighted by Gasteiger charge is -2.10. The Morgan fingerprint density at radius 1 is 1.20 bits per heavy atom. The van der Waals surface area contributed by atoms with Gasteiger partial charge in [-0.15, -0.1) is 0 Å². The van der Waals surface area contributed by atoms with E-state index < -0.39 is 5.82 Å². The zero-order valence-corrected chi connectivity index (χ0v) is 11.8. The average molecular weight is 313 g/mol. The topological polar surface area (TPSA) is 55.1 Å². The predicted octanol–water partition coefficient (Wildman–Crippen LogP) is 3.90. The highest BCUT2D eigenvalue weighted by Gasteiger charge is 2.13. The Hall–Kier alpha value is -1.78. The summed E-state index contributed by atoms with van der Waals surface area (Å²) >= 11 is 11.7. The molecule has 0 aliphatic rings. The first-order chi connectivity index (χ1) is 9.47. The molecule has 0 fully saturated rings. The fraction of sp³-hybridized carbons (Fsp3) is 0.0714. The lowest BCUT2D eigenvalue weighted by molar-refractivity contribution is -0.115. The van der Waals surface area contributed by atoms with Crippen molar-refractivity contribution in [2.45, 2.75) is 6.42 Å². The van der Waals surface area contributed by atoms with Gasteiger partial charge in [0, 0.05) is 5.69 Å². The number of nitrogen functional groups attached to an aromatic ring is 1. The van der Waals surface area contributed by atoms with E-state index in [-0.39, 0.29) is 28.1 Å². The van der Waals surface area contributed by atoms with Crippen LogP contribution in [0, 0.1) is 5.82 Å². The van der Waals surface area contributed by atoms with E-state index in [1.165, 1.54) is 0 Å². The van der Waals surface area contributed by atoms with Crippen molar-refractivity contribution in [3.8, 4) is 0 Å². The summed E-state index contributed by atoms with van der Waals surface area (Å²) in [7, 11) is 0. The molecule has 0 radical (unpaired) electrons. The summed E-state index contributed by atoms with van der Waals surface area (Å²) in [5, 5.41) is 2.65. The van der Waals surface area contributed by atoms with Crippen molar-refractivity contribution in [1.82, 2.24) is 0 Å². The van der Waals surface area contributed by atoms with Crippen molar-refractivity contribution < 1.29 is 9.18 Å². The zero-order valence-electron chi connectivity index (χ0n) is 10.3. The van der Waals surface area contributed by atoms with Crippen LogP contribution < -0.4 is 11.1 Å². The first-order valence-corrected chi connectivity index (χ1v) is 6.50. The van der Waals surface area contributed by atoms with Gasteiger partial charge in [0.05, 0.1) is 22.2 Å². The highest BCUT2D eigenvalue weighted by atomic mass is 35.5. The summed E-state index contributed by atoms with van der Waals surface area (Å²) in [6.07, 6.45) is 0.0801. The molecule has 0 saturated carbocycles. The lowest BCUT2D eigenvalue weighted by atomic mass is 10.1. The van der Waals surface area contributed by atoms with E-state index >= 15 is 0 Å². The monoisotopic (exact) mass is 312 g/mol. The smallest absolute Gasteiger partial charge is 0.228 e. The maximum Gasteiger partial charge on any atom is 0.228 e. The molecule has 2 rings (SSSR count). The Balaban J connectivity index is 2.15. The molecule has 0 unspecified atom stereocenters. The third-order valence-electron chi connectivity index (χ3n) is 2.68. The van der Waals surface area contributed by atoms with Gasteiger partial charge >= 0.3 is 0 Å². The summed E-state index contributed by atoms with van der Waals surface area (Å²) in [6.45, 7) is 0. The van der Waals surface area contributed by atoms with Crippen LogP contribution in [0.1, 0.15) is 5.56 Å². The van der Waals surface area contributed by atoms with Gasteiger partial charge in [0.1, 0.15) is 5.82 Å². The molecule has 2 aromatic rings. The van der Waals surface area contributed by atoms with Crippen molar-refractivity contribution >= 4 is 40.5 Å². The van der Waals surface area contributed by atoms with Gasteiger partial charge in [-0.2, -0.15) is 0 Å². The number of nitrogens with one attached hydrogen (secondary N) is 1. The fourth-order valence-corrected chi connectivity index (χ4v) is 2.27. The van der Waals surface area contributed by atoms with Gasteiger partial charge in [-0.25, -0.2) is 4.39 Å². The van der Waals surface area contributed by atoms with E-state index in [0.29, 0.717) is 11.3 Å². The average Bonchev–Trinajstić information content (AvgIpc) is 2.36. The summed E-state index contributed by atoms with van der Waals surface area (Å²) in [5.74, 6) is -0.899. The summed E-state index contributed by atoms with van der Waals surface area (Å²) < 4.78 is 13.0. The molecule has 6 heteroatoms. The van der Waals surface area contributed by atoms with Gasteiger partial charge in [0.2, 0.25) is 5.91 Å². The van der Waals surface area contributed by atoms with Crippen LogP contribution in [-0.2, 0) is 11.2 Å². The number of carbonyl (C=O) groups excluding carboxylic acids is 1. The van der Waals surface area contributed by atoms with E-state index in [1.807, 2.05) is 0 Å². The number of carbonyl (C=O) groups is 1. The minimum Gasteiger partial charge on any atom is -0.398 e. The van der Waals surface area contributed by atoms with Crippen LogP contribution in [0.25, 0.3) is 0 Å². The number of halogens is 3. The SMILES string of the molecule is Nc1ccccc1CC(=O)Nc1c(Cl)cc(F)cc1Cl. The summed E-state index contributed by atoms with van der Waals surface area (Å²) in [5.41, 5.74) is 7.17. The molecule has 2 aromatic carbocycles. The van der Waals surface area contributed by atoms with Crippen molar-refractivity contribution in [3.05, 3.63) is 57.8 Å². The minimum atomic E-state index is -0.565. The molecule has 0 heterocycles. The number of nitrogens with two attached hydrogens (primary N) is 1. The number of para-hydroxylation sites is 1. The van der Waals surface area contributed by atoms with Gasteiger partial charge in [0.25, 0.3) is 0 Å². The zero-order chi connectivity index (χ0) is 14.7. The van der Waals surface area contributed by atoms with Crippen LogP contribution in [0.5, 0.6) is 0 Å². The van der Waals surface area contributed by atoms with Gasteiger partial charge in [-0.3, -0.25) is 4.79 Å². The molecule has 0 spiro atoms. The van der Waals surface area contributed by atoms with Crippen molar-refractivity contribution in [1.29, 1.82) is 0 Å². The van der Waals surface area contributed by atoms with Crippen molar-refractivity contribution in [3.63, 3.8) is 0 Å². The summed E-state index contributed by atoms with van der Waals surface area (Å²) in [6, 6.07) is 9.20. The van der Waals surface area contributed by atoms with Crippen molar-refractivity contribution in [2.24, 2.45) is 0 Å². The quantitative estimate of drug-likeness (QED) is 0.845. The standard InChI is InChI=1S/C14H11Cl2FN2O/c15-10-6-9(17)7-11(16)14(10)19-13(20)5-8-3-1-2-4-12(8)18/h1-4,6-7H,5,18H2,(H,19,20). The number of benzene rings is 2. The number of amides is 1. The second-order valence-electron chi connectivity index (χ2n) is 4.17. The molecule has 104 valence electrons. The molecule has 3 N–H and O–H groups in total. The Kier molecular flexibility index (Phi) is 4.47. The summed E-state index contributed by atoms with van der Waals surface area (Å²) in [4.78, 5) is 11.9. The van der Waals surface area contributed by atoms with E-state index in [0.717, 1.165) is 12.1 Å². The molecule has 0 atom stereocenters. The van der Waals surface area contributed by atoms with E-state index in [4.69, 9.17) is 28.9 Å². The second-order valence-corrected chi connectivity index (χ2v) is 4.98. The van der Waals surface area contributed by atoms with Crippen LogP contribution in [0.3, 0.4) is 0 Å².